The van der Waals surface area contributed by atoms with Gasteiger partial charge in [-0.05, 0) is 6.07 Å². The normalized spacial score (nSPS) is 8.80. The van der Waals surface area contributed by atoms with Gasteiger partial charge in [0, 0.05) is 24.3 Å². The summed E-state index contributed by atoms with van der Waals surface area (Å²) in [5.74, 6) is 0. The number of H-pyrrole nitrogens is 1. The number of nitro benzene ring substituents is 1. The predicted molar refractivity (Wildman–Crippen MR) is 47.2 cm³/mol. The Hall–Kier alpha value is -1.01. The van der Waals surface area contributed by atoms with Crippen molar-refractivity contribution in [3.63, 3.8) is 0 Å². The highest BCUT2D eigenvalue weighted by atomic mass is 79.9. The summed E-state index contributed by atoms with van der Waals surface area (Å²) in [6.45, 7) is 0. The van der Waals surface area contributed by atoms with Crippen molar-refractivity contribution in [1.82, 2.24) is 0 Å². The number of nitrogens with one attached hydrogen (secondary N) is 1. The van der Waals surface area contributed by atoms with Crippen LogP contribution in [-0.4, -0.2) is 4.92 Å². The molecule has 0 aliphatic rings. The van der Waals surface area contributed by atoms with Gasteiger partial charge in [0.15, 0.2) is 6.20 Å². The minimum atomic E-state index is -0.396. The van der Waals surface area contributed by atoms with Crippen LogP contribution in [-0.2, 0) is 0 Å². The van der Waals surface area contributed by atoms with Crippen molar-refractivity contribution < 1.29 is 43.9 Å². The van der Waals surface area contributed by atoms with Gasteiger partial charge < -0.3 is 34.0 Å². The van der Waals surface area contributed by atoms with Crippen molar-refractivity contribution in [2.75, 3.05) is 0 Å². The molecule has 0 fully saturated rings. The fourth-order valence-electron chi connectivity index (χ4n) is 1.22. The van der Waals surface area contributed by atoms with Crippen molar-refractivity contribution in [2.45, 2.75) is 0 Å². The number of benzene rings is 1. The quantitative estimate of drug-likeness (QED) is 0.390. The Morgan fingerprint density at radius 3 is 2.60 bits per heavy atom. The van der Waals surface area contributed by atoms with Gasteiger partial charge in [-0.2, -0.15) is 0 Å². The number of halogens is 2. The molecule has 80 valence electrons. The van der Waals surface area contributed by atoms with Crippen molar-refractivity contribution in [2.24, 2.45) is 0 Å². The molecule has 1 aromatic heterocycles. The van der Waals surface area contributed by atoms with E-state index in [9.17, 15) is 10.1 Å². The standard InChI is InChI=1S/C9H6N2O2.2BrH/c12-11(13)8-3-4-9-7(6-8)2-1-5-10-9;;/h1-6H;2*1H/p-1. The second-order valence-electron chi connectivity index (χ2n) is 2.70. The summed E-state index contributed by atoms with van der Waals surface area (Å²) in [5.41, 5.74) is 1.01. The fraction of sp³-hybridized carbons (Fsp3) is 0. The molecule has 0 aliphatic heterocycles. The van der Waals surface area contributed by atoms with E-state index >= 15 is 0 Å². The van der Waals surface area contributed by atoms with E-state index in [1.165, 1.54) is 6.07 Å². The summed E-state index contributed by atoms with van der Waals surface area (Å²) in [4.78, 5) is 13.0. The van der Waals surface area contributed by atoms with Gasteiger partial charge in [-0.15, -0.1) is 0 Å². The predicted octanol–water partition coefficient (Wildman–Crippen LogP) is -4.43. The van der Waals surface area contributed by atoms with E-state index in [0.29, 0.717) is 0 Å². The number of rotatable bonds is 1. The number of nitrogens with zero attached hydrogens (tertiary/aromatic N) is 1. The monoisotopic (exact) mass is 333 g/mol. The smallest absolute Gasteiger partial charge is 0.270 e. The molecule has 1 heterocycles. The van der Waals surface area contributed by atoms with Crippen molar-refractivity contribution in [1.29, 1.82) is 0 Å². The molecule has 15 heavy (non-hydrogen) atoms. The summed E-state index contributed by atoms with van der Waals surface area (Å²) >= 11 is 0. The van der Waals surface area contributed by atoms with E-state index in [2.05, 4.69) is 4.98 Å². The van der Waals surface area contributed by atoms with E-state index in [1.807, 2.05) is 12.1 Å². The first-order chi connectivity index (χ1) is 6.27. The number of pyridine rings is 1. The van der Waals surface area contributed by atoms with Gasteiger partial charge in [-0.1, -0.05) is 0 Å². The highest BCUT2D eigenvalue weighted by Gasteiger charge is 2.07. The van der Waals surface area contributed by atoms with Crippen LogP contribution in [0.25, 0.3) is 10.9 Å². The third kappa shape index (κ3) is 2.97. The van der Waals surface area contributed by atoms with Gasteiger partial charge in [0.25, 0.3) is 5.69 Å². The third-order valence-electron chi connectivity index (χ3n) is 1.86. The number of aromatic nitrogens is 1. The zero-order chi connectivity index (χ0) is 9.26. The summed E-state index contributed by atoms with van der Waals surface area (Å²) in [6, 6.07) is 8.38. The molecule has 0 aliphatic carbocycles. The average molecular weight is 335 g/mol. The molecule has 1 aromatic carbocycles. The van der Waals surface area contributed by atoms with Crippen LogP contribution in [0.3, 0.4) is 0 Å². The molecular weight excluding hydrogens is 328 g/mol. The third-order valence-corrected chi connectivity index (χ3v) is 1.86. The largest absolute Gasteiger partial charge is 1.00 e. The lowest BCUT2D eigenvalue weighted by Gasteiger charge is -1.91. The molecule has 2 rings (SSSR count). The highest BCUT2D eigenvalue weighted by molar-refractivity contribution is 5.77. The van der Waals surface area contributed by atoms with Crippen LogP contribution in [0, 0.1) is 10.1 Å². The fourth-order valence-corrected chi connectivity index (χ4v) is 1.22. The summed E-state index contributed by atoms with van der Waals surface area (Å²) in [6.07, 6.45) is 1.79. The van der Waals surface area contributed by atoms with E-state index in [-0.39, 0.29) is 39.7 Å². The Morgan fingerprint density at radius 2 is 1.93 bits per heavy atom. The lowest BCUT2D eigenvalue weighted by atomic mass is 10.2. The Bertz CT molecular complexity index is 476. The summed E-state index contributed by atoms with van der Waals surface area (Å²) < 4.78 is 0. The number of aromatic amines is 1. The maximum Gasteiger partial charge on any atom is 0.270 e. The molecule has 2 aromatic rings. The second-order valence-corrected chi connectivity index (χ2v) is 2.70. The Labute approximate surface area is 107 Å². The molecule has 4 nitrogen and oxygen atoms in total. The number of hydrogen-bond acceptors (Lipinski definition) is 2. The van der Waals surface area contributed by atoms with E-state index in [1.54, 1.807) is 18.3 Å². The first kappa shape index (κ1) is 14.0. The topological polar surface area (TPSA) is 57.3 Å². The minimum absolute atomic E-state index is 0. The molecule has 1 N–H and O–H groups in total. The molecule has 0 atom stereocenters. The van der Waals surface area contributed by atoms with Crippen LogP contribution in [0.2, 0.25) is 0 Å². The number of non-ortho nitro benzene ring substituents is 1. The molecule has 6 heteroatoms. The lowest BCUT2D eigenvalue weighted by Crippen LogP contribution is -3.00. The second kappa shape index (κ2) is 5.77. The van der Waals surface area contributed by atoms with Crippen LogP contribution in [0.5, 0.6) is 0 Å². The van der Waals surface area contributed by atoms with Gasteiger partial charge in [-0.25, -0.2) is 4.98 Å². The zero-order valence-corrected chi connectivity index (χ0v) is 10.7. The summed E-state index contributed by atoms with van der Waals surface area (Å²) in [5, 5.41) is 11.3. The van der Waals surface area contributed by atoms with Crippen LogP contribution < -0.4 is 38.9 Å². The van der Waals surface area contributed by atoms with Crippen LogP contribution in [0.1, 0.15) is 0 Å². The molecular formula is C9H7Br2N2O2-. The highest BCUT2D eigenvalue weighted by Crippen LogP contribution is 2.16. The van der Waals surface area contributed by atoms with Gasteiger partial charge in [0.2, 0.25) is 5.52 Å². The van der Waals surface area contributed by atoms with Crippen molar-refractivity contribution in [3.05, 3.63) is 46.6 Å². The molecule has 0 saturated heterocycles. The number of nitro groups is 1. The maximum atomic E-state index is 10.4. The van der Waals surface area contributed by atoms with Gasteiger partial charge in [0.05, 0.1) is 10.3 Å². The van der Waals surface area contributed by atoms with Crippen LogP contribution >= 0.6 is 0 Å². The van der Waals surface area contributed by atoms with Crippen molar-refractivity contribution in [3.8, 4) is 0 Å². The molecule has 0 amide bonds. The first-order valence-electron chi connectivity index (χ1n) is 3.82. The van der Waals surface area contributed by atoms with Gasteiger partial charge >= 0.3 is 0 Å². The molecule has 0 saturated carbocycles. The Balaban J connectivity index is 0.000000980. The molecule has 0 unspecified atom stereocenters. The summed E-state index contributed by atoms with van der Waals surface area (Å²) in [7, 11) is 0. The van der Waals surface area contributed by atoms with E-state index in [0.717, 1.165) is 10.9 Å². The van der Waals surface area contributed by atoms with Crippen LogP contribution in [0.15, 0.2) is 36.5 Å². The van der Waals surface area contributed by atoms with Gasteiger partial charge in [-0.3, -0.25) is 10.1 Å². The SMILES string of the molecule is O=[N+]([O-])c1ccc2[nH+]cccc2c1.[Br-].[Br-]. The minimum Gasteiger partial charge on any atom is -1.00 e. The number of fused-ring (bicyclic) bond motifs is 1. The molecule has 0 radical (unpaired) electrons. The number of hydrogen-bond donors (Lipinski definition) is 0. The maximum absolute atomic E-state index is 10.4. The van der Waals surface area contributed by atoms with Gasteiger partial charge in [0.1, 0.15) is 0 Å². The van der Waals surface area contributed by atoms with E-state index in [4.69, 9.17) is 0 Å². The zero-order valence-electron chi connectivity index (χ0n) is 7.48. The molecule has 0 bridgehead atoms. The van der Waals surface area contributed by atoms with E-state index < -0.39 is 4.92 Å². The van der Waals surface area contributed by atoms with Crippen LogP contribution in [0.4, 0.5) is 5.69 Å². The lowest BCUT2D eigenvalue weighted by molar-refractivity contribution is -0.385. The Morgan fingerprint density at radius 1 is 1.20 bits per heavy atom. The average Bonchev–Trinajstić information content (AvgIpc) is 2.17. The molecule has 0 spiro atoms. The Kier molecular flexibility index (Phi) is 5.38. The first-order valence-corrected chi connectivity index (χ1v) is 3.82. The van der Waals surface area contributed by atoms with Crippen molar-refractivity contribution >= 4 is 16.6 Å².